The first-order chi connectivity index (χ1) is 15.3. The zero-order chi connectivity index (χ0) is 22.5. The Hall–Kier alpha value is -4.14. The molecule has 162 valence electrons. The molecule has 0 saturated carbocycles. The van der Waals surface area contributed by atoms with Gasteiger partial charge < -0.3 is 19.3 Å². The summed E-state index contributed by atoms with van der Waals surface area (Å²) in [5.74, 6) is -2.79. The van der Waals surface area contributed by atoms with E-state index in [-0.39, 0.29) is 18.2 Å². The fourth-order valence-electron chi connectivity index (χ4n) is 4.03. The van der Waals surface area contributed by atoms with Crippen molar-refractivity contribution in [1.82, 2.24) is 0 Å². The molecular weight excluding hydrogens is 424 g/mol. The average molecular weight is 439 g/mol. The normalized spacial score (nSPS) is 15.1. The molecule has 0 radical (unpaired) electrons. The zero-order valence-electron chi connectivity index (χ0n) is 16.3. The van der Waals surface area contributed by atoms with Crippen molar-refractivity contribution >= 4 is 17.7 Å². The number of ether oxygens (including phenoxy) is 3. The molecule has 2 N–H and O–H groups in total. The van der Waals surface area contributed by atoms with Gasteiger partial charge in [0, 0.05) is 17.7 Å². The standard InChI is InChI=1S/C23H15F2NO6/c24-23(25)31-19-10-12(9-17(21(27)28)20(19)32-23)26-22(29)30-11-18-15-7-3-1-5-13(15)14-6-2-4-8-16(14)18/h1-10,18H,11H2,(H,26,29)(H,27,28). The zero-order valence-corrected chi connectivity index (χ0v) is 16.3. The molecule has 0 spiro atoms. The molecule has 5 rings (SSSR count). The Labute approximate surface area is 180 Å². The Kier molecular flexibility index (Phi) is 4.47. The first-order valence-corrected chi connectivity index (χ1v) is 9.61. The van der Waals surface area contributed by atoms with Crippen LogP contribution >= 0.6 is 0 Å². The minimum absolute atomic E-state index is 0.0360. The van der Waals surface area contributed by atoms with Crippen LogP contribution < -0.4 is 14.8 Å². The first-order valence-electron chi connectivity index (χ1n) is 9.61. The van der Waals surface area contributed by atoms with Crippen LogP contribution in [0.15, 0.2) is 60.7 Å². The van der Waals surface area contributed by atoms with Gasteiger partial charge in [0.15, 0.2) is 11.5 Å². The molecule has 0 saturated heterocycles. The summed E-state index contributed by atoms with van der Waals surface area (Å²) in [6, 6.07) is 17.7. The minimum Gasteiger partial charge on any atom is -0.478 e. The predicted octanol–water partition coefficient (Wildman–Crippen LogP) is 5.07. The lowest BCUT2D eigenvalue weighted by Gasteiger charge is -2.15. The van der Waals surface area contributed by atoms with Crippen molar-refractivity contribution in [2.75, 3.05) is 11.9 Å². The molecule has 0 bridgehead atoms. The third-order valence-corrected chi connectivity index (χ3v) is 5.32. The van der Waals surface area contributed by atoms with Crippen LogP contribution in [0.4, 0.5) is 19.3 Å². The number of rotatable bonds is 4. The lowest BCUT2D eigenvalue weighted by atomic mass is 9.98. The Morgan fingerprint density at radius 2 is 1.62 bits per heavy atom. The highest BCUT2D eigenvalue weighted by Gasteiger charge is 2.45. The van der Waals surface area contributed by atoms with Gasteiger partial charge in [0.1, 0.15) is 12.2 Å². The van der Waals surface area contributed by atoms with Gasteiger partial charge in [0.2, 0.25) is 0 Å². The maximum atomic E-state index is 13.4. The smallest absolute Gasteiger partial charge is 0.478 e. The molecule has 2 aliphatic rings. The van der Waals surface area contributed by atoms with E-state index in [1.54, 1.807) is 0 Å². The molecule has 9 heteroatoms. The average Bonchev–Trinajstić information content (AvgIpc) is 3.24. The highest BCUT2D eigenvalue weighted by Crippen LogP contribution is 2.46. The molecule has 1 heterocycles. The molecule has 0 aromatic heterocycles. The Morgan fingerprint density at radius 3 is 2.25 bits per heavy atom. The van der Waals surface area contributed by atoms with Crippen molar-refractivity contribution in [1.29, 1.82) is 0 Å². The van der Waals surface area contributed by atoms with Crippen LogP contribution in [0.3, 0.4) is 0 Å². The maximum absolute atomic E-state index is 13.4. The first kappa shape index (κ1) is 19.8. The third kappa shape index (κ3) is 3.37. The quantitative estimate of drug-likeness (QED) is 0.590. The number of hydrogen-bond acceptors (Lipinski definition) is 5. The van der Waals surface area contributed by atoms with Gasteiger partial charge in [-0.25, -0.2) is 9.59 Å². The number of carboxylic acids is 1. The minimum atomic E-state index is -3.99. The Bertz CT molecular complexity index is 1210. The van der Waals surface area contributed by atoms with Gasteiger partial charge in [0.05, 0.1) is 0 Å². The van der Waals surface area contributed by atoms with E-state index in [1.165, 1.54) is 0 Å². The molecule has 0 unspecified atom stereocenters. The van der Waals surface area contributed by atoms with Crippen LogP contribution in [-0.2, 0) is 4.74 Å². The van der Waals surface area contributed by atoms with E-state index in [0.29, 0.717) is 0 Å². The largest absolute Gasteiger partial charge is 0.586 e. The summed E-state index contributed by atoms with van der Waals surface area (Å²) >= 11 is 0. The summed E-state index contributed by atoms with van der Waals surface area (Å²) in [5.41, 5.74) is 3.54. The Balaban J connectivity index is 1.34. The number of fused-ring (bicyclic) bond motifs is 4. The second-order valence-electron chi connectivity index (χ2n) is 7.27. The van der Waals surface area contributed by atoms with Crippen molar-refractivity contribution < 1.29 is 37.7 Å². The van der Waals surface area contributed by atoms with Gasteiger partial charge >= 0.3 is 18.4 Å². The van der Waals surface area contributed by atoms with Crippen LogP contribution in [0.1, 0.15) is 27.4 Å². The summed E-state index contributed by atoms with van der Waals surface area (Å²) in [4.78, 5) is 23.8. The topological polar surface area (TPSA) is 94.1 Å². The summed E-state index contributed by atoms with van der Waals surface area (Å²) in [7, 11) is 0. The SMILES string of the molecule is O=C(Nc1cc2c(c(C(=O)O)c1)OC(F)(F)O2)OCC1c2ccccc2-c2ccccc21. The number of carboxylic acid groups (broad SMARTS) is 1. The van der Waals surface area contributed by atoms with Crippen molar-refractivity contribution in [3.63, 3.8) is 0 Å². The van der Waals surface area contributed by atoms with Crippen LogP contribution in [0.25, 0.3) is 11.1 Å². The molecule has 0 fully saturated rings. The summed E-state index contributed by atoms with van der Waals surface area (Å²) in [5, 5.41) is 11.6. The number of halogens is 2. The lowest BCUT2D eigenvalue weighted by molar-refractivity contribution is -0.286. The summed E-state index contributed by atoms with van der Waals surface area (Å²) in [6.45, 7) is 0.0360. The van der Waals surface area contributed by atoms with Crippen LogP contribution in [0, 0.1) is 0 Å². The number of aromatic carboxylic acids is 1. The maximum Gasteiger partial charge on any atom is 0.586 e. The summed E-state index contributed by atoms with van der Waals surface area (Å²) in [6.07, 6.45) is -4.86. The Morgan fingerprint density at radius 1 is 1.00 bits per heavy atom. The molecule has 0 atom stereocenters. The van der Waals surface area contributed by atoms with Gasteiger partial charge in [-0.05, 0) is 28.3 Å². The molecule has 3 aromatic rings. The molecule has 7 nitrogen and oxygen atoms in total. The number of carbonyl (C=O) groups is 2. The third-order valence-electron chi connectivity index (χ3n) is 5.32. The number of amides is 1. The highest BCUT2D eigenvalue weighted by molar-refractivity contribution is 5.95. The fourth-order valence-corrected chi connectivity index (χ4v) is 4.03. The molecule has 1 aliphatic heterocycles. The van der Waals surface area contributed by atoms with E-state index < -0.39 is 35.4 Å². The van der Waals surface area contributed by atoms with E-state index >= 15 is 0 Å². The second-order valence-corrected chi connectivity index (χ2v) is 7.27. The van der Waals surface area contributed by atoms with E-state index in [1.807, 2.05) is 48.5 Å². The predicted molar refractivity (Wildman–Crippen MR) is 108 cm³/mol. The van der Waals surface area contributed by atoms with Gasteiger partial charge in [0.25, 0.3) is 0 Å². The fraction of sp³-hybridized carbons (Fsp3) is 0.130. The molecular formula is C23H15F2NO6. The number of hydrogen-bond donors (Lipinski definition) is 2. The van der Waals surface area contributed by atoms with Gasteiger partial charge in [-0.3, -0.25) is 5.32 Å². The van der Waals surface area contributed by atoms with Gasteiger partial charge in [-0.2, -0.15) is 0 Å². The van der Waals surface area contributed by atoms with Gasteiger partial charge in [-0.15, -0.1) is 8.78 Å². The second kappa shape index (κ2) is 7.23. The van der Waals surface area contributed by atoms with Crippen LogP contribution in [-0.4, -0.2) is 30.1 Å². The van der Waals surface area contributed by atoms with E-state index in [9.17, 15) is 23.5 Å². The van der Waals surface area contributed by atoms with Gasteiger partial charge in [-0.1, -0.05) is 48.5 Å². The molecule has 1 aliphatic carbocycles. The lowest BCUT2D eigenvalue weighted by Crippen LogP contribution is -2.26. The van der Waals surface area contributed by atoms with E-state index in [0.717, 1.165) is 34.4 Å². The van der Waals surface area contributed by atoms with Crippen molar-refractivity contribution in [2.24, 2.45) is 0 Å². The number of carbonyl (C=O) groups excluding carboxylic acids is 1. The number of nitrogens with one attached hydrogen (secondary N) is 1. The van der Waals surface area contributed by atoms with Crippen molar-refractivity contribution in [3.8, 4) is 22.6 Å². The highest BCUT2D eigenvalue weighted by atomic mass is 19.3. The molecule has 32 heavy (non-hydrogen) atoms. The van der Waals surface area contributed by atoms with E-state index in [4.69, 9.17) is 4.74 Å². The van der Waals surface area contributed by atoms with Crippen molar-refractivity contribution in [3.05, 3.63) is 77.4 Å². The number of anilines is 1. The number of alkyl halides is 2. The van der Waals surface area contributed by atoms with Crippen LogP contribution in [0.5, 0.6) is 11.5 Å². The van der Waals surface area contributed by atoms with E-state index in [2.05, 4.69) is 14.8 Å². The molecule has 3 aromatic carbocycles. The van der Waals surface area contributed by atoms with Crippen molar-refractivity contribution in [2.45, 2.75) is 12.2 Å². The number of benzene rings is 3. The monoisotopic (exact) mass is 439 g/mol. The molecule has 1 amide bonds. The van der Waals surface area contributed by atoms with Crippen LogP contribution in [0.2, 0.25) is 0 Å². The summed E-state index contributed by atoms with van der Waals surface area (Å²) < 4.78 is 40.7.